The quantitative estimate of drug-likeness (QED) is 0.469. The zero-order valence-corrected chi connectivity index (χ0v) is 14.7. The third-order valence-electron chi connectivity index (χ3n) is 4.16. The van der Waals surface area contributed by atoms with Crippen molar-refractivity contribution in [3.8, 4) is 11.1 Å². The molecule has 0 bridgehead atoms. The van der Waals surface area contributed by atoms with Gasteiger partial charge in [-0.15, -0.1) is 0 Å². The van der Waals surface area contributed by atoms with Crippen LogP contribution < -0.4 is 5.32 Å². The fourth-order valence-electron chi connectivity index (χ4n) is 2.83. The number of alkyl halides is 1. The maximum atomic E-state index is 15.0. The minimum Gasteiger partial charge on any atom is -0.350 e. The lowest BCUT2D eigenvalue weighted by Crippen LogP contribution is -2.08. The SMILES string of the molecule is Fc1ccc(-c2cncnc2)cc1[C@@H](F)Nc1c(Cl)cnc2ccccc12. The lowest BCUT2D eigenvalue weighted by Gasteiger charge is -2.17. The molecule has 0 aliphatic carbocycles. The van der Waals surface area contributed by atoms with Gasteiger partial charge in [-0.2, -0.15) is 0 Å². The summed E-state index contributed by atoms with van der Waals surface area (Å²) < 4.78 is 29.3. The van der Waals surface area contributed by atoms with Crippen LogP contribution in [0.15, 0.2) is 67.4 Å². The molecule has 0 fully saturated rings. The Kier molecular flexibility index (Phi) is 4.64. The zero-order valence-electron chi connectivity index (χ0n) is 13.9. The highest BCUT2D eigenvalue weighted by atomic mass is 35.5. The van der Waals surface area contributed by atoms with Crippen LogP contribution in [0, 0.1) is 5.82 Å². The summed E-state index contributed by atoms with van der Waals surface area (Å²) >= 11 is 6.20. The van der Waals surface area contributed by atoms with Gasteiger partial charge >= 0.3 is 0 Å². The molecule has 7 heteroatoms. The Morgan fingerprint density at radius 1 is 0.963 bits per heavy atom. The van der Waals surface area contributed by atoms with Crippen molar-refractivity contribution in [3.05, 3.63) is 83.8 Å². The maximum absolute atomic E-state index is 15.0. The molecule has 4 nitrogen and oxygen atoms in total. The van der Waals surface area contributed by atoms with E-state index in [4.69, 9.17) is 11.6 Å². The predicted molar refractivity (Wildman–Crippen MR) is 102 cm³/mol. The van der Waals surface area contributed by atoms with Crippen molar-refractivity contribution in [1.29, 1.82) is 0 Å². The molecule has 2 aromatic heterocycles. The number of anilines is 1. The molecular formula is C20H13ClF2N4. The highest BCUT2D eigenvalue weighted by Gasteiger charge is 2.18. The summed E-state index contributed by atoms with van der Waals surface area (Å²) in [6, 6.07) is 11.4. The Bertz CT molecular complexity index is 1110. The Morgan fingerprint density at radius 3 is 2.56 bits per heavy atom. The van der Waals surface area contributed by atoms with E-state index in [2.05, 4.69) is 20.3 Å². The van der Waals surface area contributed by atoms with E-state index in [-0.39, 0.29) is 10.6 Å². The first-order valence-corrected chi connectivity index (χ1v) is 8.50. The van der Waals surface area contributed by atoms with Gasteiger partial charge in [0.15, 0.2) is 6.30 Å². The van der Waals surface area contributed by atoms with Crippen LogP contribution in [0.1, 0.15) is 11.9 Å². The standard InChI is InChI=1S/C20H13ClF2N4/c21-16-10-26-18-4-2-1-3-14(18)19(16)27-20(23)15-7-12(5-6-17(15)22)13-8-24-11-25-9-13/h1-11,20H,(H,26,27)/t20-/m0/s1. The number of nitrogens with zero attached hydrogens (tertiary/aromatic N) is 3. The van der Waals surface area contributed by atoms with Crippen LogP contribution in [0.25, 0.3) is 22.0 Å². The number of hydrogen-bond donors (Lipinski definition) is 1. The van der Waals surface area contributed by atoms with Crippen molar-refractivity contribution < 1.29 is 8.78 Å². The fourth-order valence-corrected chi connectivity index (χ4v) is 3.04. The molecule has 0 aliphatic heterocycles. The van der Waals surface area contributed by atoms with Crippen LogP contribution in [-0.4, -0.2) is 15.0 Å². The summed E-state index contributed by atoms with van der Waals surface area (Å²) in [6.45, 7) is 0. The fraction of sp³-hybridized carbons (Fsp3) is 0.0500. The summed E-state index contributed by atoms with van der Waals surface area (Å²) in [6.07, 6.45) is 4.19. The van der Waals surface area contributed by atoms with Crippen LogP contribution in [0.3, 0.4) is 0 Å². The number of benzene rings is 2. The van der Waals surface area contributed by atoms with Gasteiger partial charge in [-0.25, -0.2) is 18.7 Å². The van der Waals surface area contributed by atoms with Gasteiger partial charge in [-0.1, -0.05) is 35.9 Å². The van der Waals surface area contributed by atoms with Crippen molar-refractivity contribution in [2.75, 3.05) is 5.32 Å². The van der Waals surface area contributed by atoms with Gasteiger partial charge in [-0.3, -0.25) is 4.98 Å². The Hall–Kier alpha value is -3.12. The van der Waals surface area contributed by atoms with Gasteiger partial charge in [0.2, 0.25) is 0 Å². The molecule has 0 spiro atoms. The largest absolute Gasteiger partial charge is 0.350 e. The second-order valence-corrected chi connectivity index (χ2v) is 6.28. The molecule has 0 saturated carbocycles. The van der Waals surface area contributed by atoms with Crippen molar-refractivity contribution in [3.63, 3.8) is 0 Å². The van der Waals surface area contributed by atoms with Gasteiger partial charge in [0, 0.05) is 35.1 Å². The lowest BCUT2D eigenvalue weighted by atomic mass is 10.0. The van der Waals surface area contributed by atoms with Gasteiger partial charge in [0.1, 0.15) is 12.1 Å². The molecule has 4 aromatic rings. The summed E-state index contributed by atoms with van der Waals surface area (Å²) in [4.78, 5) is 12.1. The lowest BCUT2D eigenvalue weighted by molar-refractivity contribution is 0.372. The highest BCUT2D eigenvalue weighted by molar-refractivity contribution is 6.34. The molecule has 0 aliphatic rings. The minimum atomic E-state index is -1.81. The first-order valence-electron chi connectivity index (χ1n) is 8.12. The van der Waals surface area contributed by atoms with Crippen molar-refractivity contribution in [1.82, 2.24) is 15.0 Å². The summed E-state index contributed by atoms with van der Waals surface area (Å²) in [5.74, 6) is -0.662. The molecule has 0 unspecified atom stereocenters. The van der Waals surface area contributed by atoms with E-state index in [0.717, 1.165) is 0 Å². The topological polar surface area (TPSA) is 50.7 Å². The summed E-state index contributed by atoms with van der Waals surface area (Å²) in [5, 5.41) is 3.59. The highest BCUT2D eigenvalue weighted by Crippen LogP contribution is 2.34. The molecule has 4 rings (SSSR count). The van der Waals surface area contributed by atoms with E-state index in [1.807, 2.05) is 6.07 Å². The molecule has 0 radical (unpaired) electrons. The Morgan fingerprint density at radius 2 is 1.74 bits per heavy atom. The van der Waals surface area contributed by atoms with Crippen LogP contribution >= 0.6 is 11.6 Å². The molecule has 134 valence electrons. The monoisotopic (exact) mass is 382 g/mol. The normalized spacial score (nSPS) is 12.1. The van der Waals surface area contributed by atoms with Crippen molar-refractivity contribution >= 4 is 28.2 Å². The third-order valence-corrected chi connectivity index (χ3v) is 4.45. The number of para-hydroxylation sites is 1. The van der Waals surface area contributed by atoms with Crippen molar-refractivity contribution in [2.24, 2.45) is 0 Å². The zero-order chi connectivity index (χ0) is 18.8. The van der Waals surface area contributed by atoms with E-state index in [1.54, 1.807) is 36.7 Å². The van der Waals surface area contributed by atoms with Gasteiger partial charge in [0.05, 0.1) is 16.2 Å². The van der Waals surface area contributed by atoms with E-state index in [0.29, 0.717) is 27.7 Å². The smallest absolute Gasteiger partial charge is 0.198 e. The molecular weight excluding hydrogens is 370 g/mol. The first-order chi connectivity index (χ1) is 13.1. The number of rotatable bonds is 4. The summed E-state index contributed by atoms with van der Waals surface area (Å²) in [7, 11) is 0. The predicted octanol–water partition coefficient (Wildman–Crippen LogP) is 5.56. The van der Waals surface area contributed by atoms with E-state index in [1.165, 1.54) is 24.7 Å². The second-order valence-electron chi connectivity index (χ2n) is 5.87. The number of pyridine rings is 1. The Labute approximate surface area is 158 Å². The average molecular weight is 383 g/mol. The molecule has 2 heterocycles. The number of hydrogen-bond acceptors (Lipinski definition) is 4. The molecule has 1 atom stereocenters. The van der Waals surface area contributed by atoms with Crippen LogP contribution in [0.5, 0.6) is 0 Å². The van der Waals surface area contributed by atoms with Crippen molar-refractivity contribution in [2.45, 2.75) is 6.30 Å². The van der Waals surface area contributed by atoms with Gasteiger partial charge in [-0.05, 0) is 23.8 Å². The molecule has 1 N–H and O–H groups in total. The van der Waals surface area contributed by atoms with E-state index in [9.17, 15) is 4.39 Å². The molecule has 2 aromatic carbocycles. The third kappa shape index (κ3) is 3.44. The number of nitrogens with one attached hydrogen (secondary N) is 1. The number of fused-ring (bicyclic) bond motifs is 1. The van der Waals surface area contributed by atoms with E-state index >= 15 is 4.39 Å². The van der Waals surface area contributed by atoms with Crippen LogP contribution in [0.4, 0.5) is 14.5 Å². The second kappa shape index (κ2) is 7.25. The van der Waals surface area contributed by atoms with E-state index < -0.39 is 12.1 Å². The molecule has 0 saturated heterocycles. The summed E-state index contributed by atoms with van der Waals surface area (Å²) in [5.41, 5.74) is 2.17. The first kappa shape index (κ1) is 17.3. The van der Waals surface area contributed by atoms with Gasteiger partial charge < -0.3 is 5.32 Å². The molecule has 0 amide bonds. The van der Waals surface area contributed by atoms with Crippen LogP contribution in [0.2, 0.25) is 5.02 Å². The number of aromatic nitrogens is 3. The maximum Gasteiger partial charge on any atom is 0.198 e. The minimum absolute atomic E-state index is 0.131. The number of halogens is 3. The Balaban J connectivity index is 1.72. The molecule has 27 heavy (non-hydrogen) atoms. The van der Waals surface area contributed by atoms with Crippen LogP contribution in [-0.2, 0) is 0 Å². The van der Waals surface area contributed by atoms with Gasteiger partial charge in [0.25, 0.3) is 0 Å². The average Bonchev–Trinajstić information content (AvgIpc) is 2.71.